The number of nitrogens with zero attached hydrogens (tertiary/aromatic N) is 3. The molecule has 2 heterocycles. The van der Waals surface area contributed by atoms with Crippen molar-refractivity contribution >= 4 is 34.9 Å². The molecule has 31 heavy (non-hydrogen) atoms. The summed E-state index contributed by atoms with van der Waals surface area (Å²) in [4.78, 5) is 33.1. The summed E-state index contributed by atoms with van der Waals surface area (Å²) in [6, 6.07) is 6.29. The number of ketones is 1. The van der Waals surface area contributed by atoms with Crippen LogP contribution in [-0.4, -0.2) is 26.4 Å². The van der Waals surface area contributed by atoms with Crippen LogP contribution in [0.15, 0.2) is 40.7 Å². The van der Waals surface area contributed by atoms with Gasteiger partial charge in [0.15, 0.2) is 10.9 Å². The lowest BCUT2D eigenvalue weighted by atomic mass is 9.69. The fourth-order valence-corrected chi connectivity index (χ4v) is 5.00. The van der Waals surface area contributed by atoms with Gasteiger partial charge < -0.3 is 11.1 Å². The molecule has 1 aliphatic heterocycles. The van der Waals surface area contributed by atoms with Crippen molar-refractivity contribution < 1.29 is 9.72 Å². The number of anilines is 2. The van der Waals surface area contributed by atoms with E-state index in [4.69, 9.17) is 10.7 Å². The molecule has 1 aromatic heterocycles. The Kier molecular flexibility index (Phi) is 5.47. The van der Waals surface area contributed by atoms with Gasteiger partial charge in [0.25, 0.3) is 5.69 Å². The second kappa shape index (κ2) is 7.96. The highest BCUT2D eigenvalue weighted by molar-refractivity contribution is 7.99. The van der Waals surface area contributed by atoms with Gasteiger partial charge in [-0.3, -0.25) is 14.9 Å². The summed E-state index contributed by atoms with van der Waals surface area (Å²) in [7, 11) is 0. The number of nitrogen functional groups attached to an aromatic ring is 1. The Bertz CT molecular complexity index is 1100. The first-order chi connectivity index (χ1) is 14.7. The maximum Gasteiger partial charge on any atom is 0.269 e. The Hall–Kier alpha value is -2.94. The van der Waals surface area contributed by atoms with Crippen molar-refractivity contribution in [1.29, 1.82) is 0 Å². The number of nitrogens with one attached hydrogen (secondary N) is 1. The Balaban J connectivity index is 1.88. The van der Waals surface area contributed by atoms with Crippen molar-refractivity contribution in [1.82, 2.24) is 9.97 Å². The number of nitro groups is 1. The number of benzene rings is 1. The van der Waals surface area contributed by atoms with Crippen molar-refractivity contribution in [2.75, 3.05) is 16.8 Å². The molecule has 162 valence electrons. The topological polar surface area (TPSA) is 124 Å². The molecule has 4 rings (SSSR count). The summed E-state index contributed by atoms with van der Waals surface area (Å²) in [5, 5.41) is 15.1. The lowest BCUT2D eigenvalue weighted by molar-refractivity contribution is -0.384. The third-order valence-electron chi connectivity index (χ3n) is 5.59. The summed E-state index contributed by atoms with van der Waals surface area (Å²) >= 11 is 1.54. The van der Waals surface area contributed by atoms with Crippen molar-refractivity contribution in [3.05, 3.63) is 56.8 Å². The molecule has 1 unspecified atom stereocenters. The van der Waals surface area contributed by atoms with Crippen LogP contribution in [0.5, 0.6) is 0 Å². The molecule has 9 heteroatoms. The molecule has 0 fully saturated rings. The predicted molar refractivity (Wildman–Crippen MR) is 121 cm³/mol. The molecule has 0 radical (unpaired) electrons. The highest BCUT2D eigenvalue weighted by atomic mass is 32.2. The van der Waals surface area contributed by atoms with E-state index in [1.54, 1.807) is 12.1 Å². The van der Waals surface area contributed by atoms with Crippen LogP contribution in [0.4, 0.5) is 17.3 Å². The minimum absolute atomic E-state index is 0.00116. The summed E-state index contributed by atoms with van der Waals surface area (Å²) in [6.45, 7) is 6.23. The van der Waals surface area contributed by atoms with Gasteiger partial charge in [-0.2, -0.15) is 0 Å². The van der Waals surface area contributed by atoms with Crippen LogP contribution in [0.2, 0.25) is 0 Å². The zero-order valence-corrected chi connectivity index (χ0v) is 18.6. The van der Waals surface area contributed by atoms with Gasteiger partial charge in [-0.25, -0.2) is 9.97 Å². The summed E-state index contributed by atoms with van der Waals surface area (Å²) in [5.41, 5.74) is 9.15. The predicted octanol–water partition coefficient (Wildman–Crippen LogP) is 4.67. The highest BCUT2D eigenvalue weighted by Gasteiger charge is 2.42. The molecule has 0 amide bonds. The number of fused-ring (bicyclic) bond motifs is 1. The van der Waals surface area contributed by atoms with Gasteiger partial charge in [0.2, 0.25) is 0 Å². The van der Waals surface area contributed by atoms with E-state index < -0.39 is 10.8 Å². The quantitative estimate of drug-likeness (QED) is 0.298. The number of carbonyl (C=O) groups is 1. The number of thioether (sulfide) groups is 1. The largest absolute Gasteiger partial charge is 0.383 e. The summed E-state index contributed by atoms with van der Waals surface area (Å²) in [5.74, 6) is 1.41. The van der Waals surface area contributed by atoms with Gasteiger partial charge in [0.05, 0.1) is 4.92 Å². The Morgan fingerprint density at radius 3 is 2.61 bits per heavy atom. The highest BCUT2D eigenvalue weighted by Crippen LogP contribution is 2.50. The van der Waals surface area contributed by atoms with Crippen LogP contribution in [0.1, 0.15) is 57.1 Å². The molecule has 2 aromatic rings. The number of allylic oxidation sites excluding steroid dienone is 2. The molecule has 0 saturated carbocycles. The number of rotatable bonds is 5. The molecule has 1 aromatic carbocycles. The van der Waals surface area contributed by atoms with Gasteiger partial charge in [-0.1, -0.05) is 44.7 Å². The van der Waals surface area contributed by atoms with E-state index in [2.05, 4.69) is 31.1 Å². The van der Waals surface area contributed by atoms with Gasteiger partial charge >= 0.3 is 0 Å². The standard InChI is InChI=1S/C22H25N5O3S/c1-4-9-31-21-25-19(23)18-16(12-5-7-13(8-6-12)27(29)30)17-14(24-20(18)26-21)10-22(2,3)11-15(17)28/h5-8,16H,4,9-11H2,1-3H3,(H3,23,24,25,26). The van der Waals surface area contributed by atoms with Crippen molar-refractivity contribution in [2.45, 2.75) is 51.1 Å². The molecule has 2 aliphatic rings. The van der Waals surface area contributed by atoms with Gasteiger partial charge in [0.1, 0.15) is 11.6 Å². The number of carbonyl (C=O) groups excluding carboxylic acids is 1. The van der Waals surface area contributed by atoms with E-state index >= 15 is 0 Å². The molecular formula is C22H25N5O3S. The summed E-state index contributed by atoms with van der Waals surface area (Å²) < 4.78 is 0. The first kappa shape index (κ1) is 21.3. The van der Waals surface area contributed by atoms with Crippen LogP contribution in [0, 0.1) is 15.5 Å². The Labute approximate surface area is 184 Å². The van der Waals surface area contributed by atoms with Crippen molar-refractivity contribution in [3.63, 3.8) is 0 Å². The number of Topliss-reactive ketones (excluding diaryl/α,β-unsaturated/α-hetero) is 1. The molecule has 0 spiro atoms. The molecular weight excluding hydrogens is 414 g/mol. The van der Waals surface area contributed by atoms with Crippen LogP contribution in [-0.2, 0) is 4.79 Å². The monoisotopic (exact) mass is 439 g/mol. The SMILES string of the molecule is CCCSc1nc(N)c2c(n1)NC1=C(C(=O)CC(C)(C)C1)C2c1ccc([N+](=O)[O-])cc1. The van der Waals surface area contributed by atoms with E-state index in [0.29, 0.717) is 40.8 Å². The molecule has 0 saturated heterocycles. The lowest BCUT2D eigenvalue weighted by Gasteiger charge is -2.39. The maximum absolute atomic E-state index is 13.2. The zero-order valence-electron chi connectivity index (χ0n) is 17.8. The smallest absolute Gasteiger partial charge is 0.269 e. The van der Waals surface area contributed by atoms with Gasteiger partial charge in [0, 0.05) is 47.1 Å². The zero-order chi connectivity index (χ0) is 22.3. The van der Waals surface area contributed by atoms with Gasteiger partial charge in [-0.15, -0.1) is 0 Å². The van der Waals surface area contributed by atoms with E-state index in [1.807, 2.05) is 0 Å². The van der Waals surface area contributed by atoms with Crippen LogP contribution >= 0.6 is 11.8 Å². The Morgan fingerprint density at radius 2 is 1.97 bits per heavy atom. The number of hydrogen-bond donors (Lipinski definition) is 2. The minimum Gasteiger partial charge on any atom is -0.383 e. The van der Waals surface area contributed by atoms with Crippen molar-refractivity contribution in [2.24, 2.45) is 5.41 Å². The summed E-state index contributed by atoms with van der Waals surface area (Å²) in [6.07, 6.45) is 2.12. The second-order valence-electron chi connectivity index (χ2n) is 8.74. The number of nitrogens with two attached hydrogens (primary N) is 1. The van der Waals surface area contributed by atoms with E-state index in [0.717, 1.165) is 23.4 Å². The third kappa shape index (κ3) is 4.01. The molecule has 0 bridgehead atoms. The average molecular weight is 440 g/mol. The van der Waals surface area contributed by atoms with Crippen LogP contribution in [0.3, 0.4) is 0 Å². The lowest BCUT2D eigenvalue weighted by Crippen LogP contribution is -2.34. The Morgan fingerprint density at radius 1 is 1.26 bits per heavy atom. The van der Waals surface area contributed by atoms with Crippen molar-refractivity contribution in [3.8, 4) is 0 Å². The maximum atomic E-state index is 13.2. The number of hydrogen-bond acceptors (Lipinski definition) is 8. The second-order valence-corrected chi connectivity index (χ2v) is 9.80. The normalized spacial score (nSPS) is 19.5. The van der Waals surface area contributed by atoms with E-state index in [1.165, 1.54) is 23.9 Å². The molecule has 8 nitrogen and oxygen atoms in total. The number of aromatic nitrogens is 2. The van der Waals surface area contributed by atoms with Crippen LogP contribution < -0.4 is 11.1 Å². The van der Waals surface area contributed by atoms with Gasteiger partial charge in [-0.05, 0) is 23.8 Å². The fourth-order valence-electron chi connectivity index (χ4n) is 4.29. The molecule has 1 aliphatic carbocycles. The average Bonchev–Trinajstić information content (AvgIpc) is 2.69. The first-order valence-electron chi connectivity index (χ1n) is 10.3. The molecule has 3 N–H and O–H groups in total. The number of nitro benzene ring substituents is 1. The number of non-ortho nitro benzene ring substituents is 1. The van der Waals surface area contributed by atoms with E-state index in [9.17, 15) is 14.9 Å². The molecule has 1 atom stereocenters. The van der Waals surface area contributed by atoms with E-state index in [-0.39, 0.29) is 16.9 Å². The van der Waals surface area contributed by atoms with Crippen LogP contribution in [0.25, 0.3) is 0 Å². The third-order valence-corrected chi connectivity index (χ3v) is 6.65. The first-order valence-corrected chi connectivity index (χ1v) is 11.3. The minimum atomic E-state index is -0.458. The fraction of sp³-hybridized carbons (Fsp3) is 0.409.